The minimum absolute atomic E-state index is 0.0242. The van der Waals surface area contributed by atoms with E-state index >= 15 is 0 Å². The van der Waals surface area contributed by atoms with Crippen LogP contribution in [0.4, 0.5) is 0 Å². The van der Waals surface area contributed by atoms with Gasteiger partial charge in [0.25, 0.3) is 0 Å². The number of carbonyl (C=O) groups excluding carboxylic acids is 1. The predicted molar refractivity (Wildman–Crippen MR) is 110 cm³/mol. The zero-order valence-electron chi connectivity index (χ0n) is 16.2. The maximum Gasteiger partial charge on any atom is 0.192 e. The van der Waals surface area contributed by atoms with Crippen molar-refractivity contribution in [2.24, 2.45) is 0 Å². The number of benzene rings is 3. The van der Waals surface area contributed by atoms with Crippen molar-refractivity contribution in [3.05, 3.63) is 102 Å². The first-order chi connectivity index (χ1) is 13.6. The third kappa shape index (κ3) is 3.46. The van der Waals surface area contributed by atoms with Gasteiger partial charge >= 0.3 is 0 Å². The van der Waals surface area contributed by atoms with Crippen molar-refractivity contribution in [2.45, 2.75) is 31.0 Å². The second kappa shape index (κ2) is 7.61. The van der Waals surface area contributed by atoms with Gasteiger partial charge in [0, 0.05) is 11.5 Å². The van der Waals surface area contributed by atoms with Crippen LogP contribution in [0.1, 0.15) is 40.7 Å². The van der Waals surface area contributed by atoms with Gasteiger partial charge in [-0.05, 0) is 36.6 Å². The van der Waals surface area contributed by atoms with E-state index < -0.39 is 11.7 Å². The third-order valence-electron chi connectivity index (χ3n) is 5.61. The lowest BCUT2D eigenvalue weighted by atomic mass is 9.82. The van der Waals surface area contributed by atoms with E-state index in [9.17, 15) is 4.79 Å². The second-order valence-corrected chi connectivity index (χ2v) is 7.45. The normalized spacial score (nSPS) is 24.1. The first-order valence-electron chi connectivity index (χ1n) is 9.57. The molecule has 1 aliphatic heterocycles. The SMILES string of the molecule is COc1ccc([C@H]2C[C@@](C)(c3ccccc3)O[C@H]2C(=O)c2ccccc2)cc1. The molecule has 0 saturated carbocycles. The molecule has 3 heteroatoms. The average molecular weight is 372 g/mol. The van der Waals surface area contributed by atoms with E-state index in [1.54, 1.807) is 7.11 Å². The van der Waals surface area contributed by atoms with E-state index in [0.29, 0.717) is 5.56 Å². The largest absolute Gasteiger partial charge is 0.497 e. The molecule has 0 spiro atoms. The van der Waals surface area contributed by atoms with Gasteiger partial charge in [0.2, 0.25) is 0 Å². The minimum atomic E-state index is -0.527. The summed E-state index contributed by atoms with van der Waals surface area (Å²) in [5.74, 6) is 0.810. The molecule has 1 heterocycles. The van der Waals surface area contributed by atoms with Crippen LogP contribution in [-0.4, -0.2) is 19.0 Å². The van der Waals surface area contributed by atoms with Crippen molar-refractivity contribution in [2.75, 3.05) is 7.11 Å². The first-order valence-corrected chi connectivity index (χ1v) is 9.57. The van der Waals surface area contributed by atoms with Crippen LogP contribution in [0.15, 0.2) is 84.9 Å². The second-order valence-electron chi connectivity index (χ2n) is 7.45. The van der Waals surface area contributed by atoms with Crippen molar-refractivity contribution in [1.82, 2.24) is 0 Å². The number of methoxy groups -OCH3 is 1. The van der Waals surface area contributed by atoms with Gasteiger partial charge < -0.3 is 9.47 Å². The molecule has 1 fully saturated rings. The first kappa shape index (κ1) is 18.5. The minimum Gasteiger partial charge on any atom is -0.497 e. The highest BCUT2D eigenvalue weighted by atomic mass is 16.5. The Morgan fingerprint density at radius 3 is 2.14 bits per heavy atom. The van der Waals surface area contributed by atoms with Gasteiger partial charge in [-0.25, -0.2) is 0 Å². The number of carbonyl (C=O) groups is 1. The van der Waals surface area contributed by atoms with Crippen LogP contribution in [0, 0.1) is 0 Å². The summed E-state index contributed by atoms with van der Waals surface area (Å²) in [6.07, 6.45) is 0.216. The molecule has 142 valence electrons. The van der Waals surface area contributed by atoms with E-state index in [1.807, 2.05) is 72.8 Å². The Kier molecular flexibility index (Phi) is 5.01. The fourth-order valence-electron chi connectivity index (χ4n) is 4.06. The lowest BCUT2D eigenvalue weighted by molar-refractivity contribution is -0.0237. The summed E-state index contributed by atoms with van der Waals surface area (Å²) in [6, 6.07) is 27.5. The molecule has 0 bridgehead atoms. The fraction of sp³-hybridized carbons (Fsp3) is 0.240. The highest BCUT2D eigenvalue weighted by Crippen LogP contribution is 2.48. The summed E-state index contributed by atoms with van der Waals surface area (Å²) in [7, 11) is 1.65. The van der Waals surface area contributed by atoms with E-state index in [2.05, 4.69) is 19.1 Å². The van der Waals surface area contributed by atoms with Crippen LogP contribution in [0.25, 0.3) is 0 Å². The summed E-state index contributed by atoms with van der Waals surface area (Å²) >= 11 is 0. The Morgan fingerprint density at radius 2 is 1.54 bits per heavy atom. The Hall–Kier alpha value is -2.91. The standard InChI is InChI=1S/C25H24O3/c1-25(20-11-7-4-8-12-20)17-22(18-13-15-21(27-2)16-14-18)24(28-25)23(26)19-9-5-3-6-10-19/h3-16,22,24H,17H2,1-2H3/t22-,24-,25+/m1/s1. The topological polar surface area (TPSA) is 35.5 Å². The molecule has 0 aliphatic carbocycles. The summed E-state index contributed by atoms with van der Waals surface area (Å²) in [6.45, 7) is 2.08. The molecule has 3 nitrogen and oxygen atoms in total. The van der Waals surface area contributed by atoms with E-state index in [4.69, 9.17) is 9.47 Å². The summed E-state index contributed by atoms with van der Waals surface area (Å²) in [5.41, 5.74) is 2.36. The zero-order chi connectivity index (χ0) is 19.6. The smallest absolute Gasteiger partial charge is 0.192 e. The van der Waals surface area contributed by atoms with Gasteiger partial charge in [0.05, 0.1) is 12.7 Å². The monoisotopic (exact) mass is 372 g/mol. The zero-order valence-corrected chi connectivity index (χ0v) is 16.2. The molecule has 4 rings (SSSR count). The molecule has 0 N–H and O–H groups in total. The highest BCUT2D eigenvalue weighted by Gasteiger charge is 2.48. The number of hydrogen-bond acceptors (Lipinski definition) is 3. The van der Waals surface area contributed by atoms with Gasteiger partial charge in [-0.2, -0.15) is 0 Å². The quantitative estimate of drug-likeness (QED) is 0.565. The lowest BCUT2D eigenvalue weighted by Crippen LogP contribution is -2.28. The van der Waals surface area contributed by atoms with Crippen LogP contribution in [0.3, 0.4) is 0 Å². The molecule has 0 amide bonds. The Balaban J connectivity index is 1.72. The van der Waals surface area contributed by atoms with Gasteiger partial charge in [-0.1, -0.05) is 72.8 Å². The van der Waals surface area contributed by atoms with Crippen molar-refractivity contribution in [1.29, 1.82) is 0 Å². The van der Waals surface area contributed by atoms with Crippen LogP contribution < -0.4 is 4.74 Å². The van der Waals surface area contributed by atoms with E-state index in [1.165, 1.54) is 0 Å². The molecule has 3 atom stereocenters. The molecule has 0 aromatic heterocycles. The van der Waals surface area contributed by atoms with Gasteiger partial charge in [-0.15, -0.1) is 0 Å². The average Bonchev–Trinajstić information content (AvgIpc) is 3.13. The molecular weight excluding hydrogens is 348 g/mol. The molecule has 3 aromatic rings. The lowest BCUT2D eigenvalue weighted by Gasteiger charge is -2.25. The van der Waals surface area contributed by atoms with Crippen molar-refractivity contribution in [3.8, 4) is 5.75 Å². The van der Waals surface area contributed by atoms with E-state index in [0.717, 1.165) is 23.3 Å². The predicted octanol–water partition coefficient (Wildman–Crippen LogP) is 5.37. The number of Topliss-reactive ketones (excluding diaryl/α,β-unsaturated/α-hetero) is 1. The van der Waals surface area contributed by atoms with Crippen LogP contribution in [-0.2, 0) is 10.3 Å². The van der Waals surface area contributed by atoms with Gasteiger partial charge in [0.1, 0.15) is 11.9 Å². The maximum absolute atomic E-state index is 13.3. The molecule has 28 heavy (non-hydrogen) atoms. The van der Waals surface area contributed by atoms with Crippen LogP contribution >= 0.6 is 0 Å². The number of hydrogen-bond donors (Lipinski definition) is 0. The van der Waals surface area contributed by atoms with Crippen LogP contribution in [0.5, 0.6) is 5.75 Å². The van der Waals surface area contributed by atoms with Crippen molar-refractivity contribution < 1.29 is 14.3 Å². The molecule has 1 saturated heterocycles. The summed E-state index contributed by atoms with van der Waals surface area (Å²) in [4.78, 5) is 13.3. The summed E-state index contributed by atoms with van der Waals surface area (Å²) < 4.78 is 11.8. The number of rotatable bonds is 5. The number of ketones is 1. The fourth-order valence-corrected chi connectivity index (χ4v) is 4.06. The Morgan fingerprint density at radius 1 is 0.929 bits per heavy atom. The Labute approximate surface area is 165 Å². The van der Waals surface area contributed by atoms with Crippen molar-refractivity contribution >= 4 is 5.78 Å². The highest BCUT2D eigenvalue weighted by molar-refractivity contribution is 6.00. The molecule has 0 unspecified atom stereocenters. The molecule has 3 aromatic carbocycles. The molecule has 0 radical (unpaired) electrons. The maximum atomic E-state index is 13.3. The molecular formula is C25H24O3. The number of ether oxygens (including phenoxy) is 2. The van der Waals surface area contributed by atoms with Crippen LogP contribution in [0.2, 0.25) is 0 Å². The van der Waals surface area contributed by atoms with Gasteiger partial charge in [-0.3, -0.25) is 4.79 Å². The van der Waals surface area contributed by atoms with E-state index in [-0.39, 0.29) is 11.7 Å². The third-order valence-corrected chi connectivity index (χ3v) is 5.61. The Bertz CT molecular complexity index is 935. The van der Waals surface area contributed by atoms with Crippen molar-refractivity contribution in [3.63, 3.8) is 0 Å². The van der Waals surface area contributed by atoms with Gasteiger partial charge in [0.15, 0.2) is 5.78 Å². The summed E-state index contributed by atoms with van der Waals surface area (Å²) in [5, 5.41) is 0. The molecule has 1 aliphatic rings.